The minimum absolute atomic E-state index is 0.165. The molecule has 0 fully saturated rings. The van der Waals surface area contributed by atoms with Crippen LogP contribution in [0.25, 0.3) is 28.1 Å². The number of carboxylic acid groups (broad SMARTS) is 1. The summed E-state index contributed by atoms with van der Waals surface area (Å²) in [5.41, 5.74) is 3.83. The van der Waals surface area contributed by atoms with Crippen LogP contribution in [0.3, 0.4) is 0 Å². The molecule has 2 N–H and O–H groups in total. The number of carboxylic acids is 1. The fourth-order valence-corrected chi connectivity index (χ4v) is 3.51. The van der Waals surface area contributed by atoms with Gasteiger partial charge in [-0.05, 0) is 50.1 Å². The van der Waals surface area contributed by atoms with Gasteiger partial charge in [-0.25, -0.2) is 9.18 Å². The molecular formula is C24H24FNO3. The predicted octanol–water partition coefficient (Wildman–Crippen LogP) is 5.43. The van der Waals surface area contributed by atoms with Gasteiger partial charge in [0, 0.05) is 34.3 Å². The Kier molecular flexibility index (Phi) is 6.29. The second-order valence-corrected chi connectivity index (χ2v) is 7.15. The van der Waals surface area contributed by atoms with Crippen LogP contribution in [-0.4, -0.2) is 26.9 Å². The second-order valence-electron chi connectivity index (χ2n) is 7.15. The molecule has 1 heterocycles. The van der Waals surface area contributed by atoms with E-state index in [-0.39, 0.29) is 18.3 Å². The number of aliphatic hydroxyl groups excluding tert-OH is 1. The van der Waals surface area contributed by atoms with Crippen LogP contribution in [0.5, 0.6) is 0 Å². The predicted molar refractivity (Wildman–Crippen MR) is 114 cm³/mol. The average molecular weight is 393 g/mol. The lowest BCUT2D eigenvalue weighted by Gasteiger charge is -2.14. The highest BCUT2D eigenvalue weighted by molar-refractivity contribution is 6.01. The van der Waals surface area contributed by atoms with E-state index >= 15 is 0 Å². The van der Waals surface area contributed by atoms with Gasteiger partial charge in [0.1, 0.15) is 5.82 Å². The molecule has 29 heavy (non-hydrogen) atoms. The maximum Gasteiger partial charge on any atom is 0.327 e. The van der Waals surface area contributed by atoms with E-state index in [1.54, 1.807) is 18.2 Å². The molecule has 0 aliphatic rings. The highest BCUT2D eigenvalue weighted by atomic mass is 19.1. The minimum atomic E-state index is -1.04. The Bertz CT molecular complexity index is 1060. The quantitative estimate of drug-likeness (QED) is 0.526. The SMILES string of the molecule is CC(C)n1c(C=CC(O)C/C=C/C(=O)O)c(-c2ccc(F)cc2)c2ccccc21. The molecule has 0 radical (unpaired) electrons. The van der Waals surface area contributed by atoms with Gasteiger partial charge in [-0.2, -0.15) is 0 Å². The Morgan fingerprint density at radius 2 is 1.83 bits per heavy atom. The average Bonchev–Trinajstić information content (AvgIpc) is 3.01. The zero-order valence-electron chi connectivity index (χ0n) is 16.4. The lowest BCUT2D eigenvalue weighted by Crippen LogP contribution is -2.04. The number of aliphatic hydroxyl groups is 1. The summed E-state index contributed by atoms with van der Waals surface area (Å²) in [4.78, 5) is 10.6. The van der Waals surface area contributed by atoms with Crippen molar-refractivity contribution >= 4 is 22.9 Å². The van der Waals surface area contributed by atoms with Crippen LogP contribution in [0.2, 0.25) is 0 Å². The Hall–Kier alpha value is -3.18. The number of nitrogens with zero attached hydrogens (tertiary/aromatic N) is 1. The van der Waals surface area contributed by atoms with E-state index in [0.717, 1.165) is 33.8 Å². The first-order valence-electron chi connectivity index (χ1n) is 9.53. The molecule has 0 bridgehead atoms. The number of benzene rings is 2. The summed E-state index contributed by atoms with van der Waals surface area (Å²) < 4.78 is 15.7. The lowest BCUT2D eigenvalue weighted by atomic mass is 10.0. The number of rotatable bonds is 7. The summed E-state index contributed by atoms with van der Waals surface area (Å²) in [7, 11) is 0. The minimum Gasteiger partial charge on any atom is -0.478 e. The summed E-state index contributed by atoms with van der Waals surface area (Å²) in [6.07, 6.45) is 5.36. The van der Waals surface area contributed by atoms with Crippen molar-refractivity contribution in [2.24, 2.45) is 0 Å². The number of fused-ring (bicyclic) bond motifs is 1. The number of para-hydroxylation sites is 1. The molecule has 0 spiro atoms. The molecule has 5 heteroatoms. The molecule has 0 aliphatic heterocycles. The fraction of sp³-hybridized carbons (Fsp3) is 0.208. The molecule has 0 aliphatic carbocycles. The van der Waals surface area contributed by atoms with E-state index in [4.69, 9.17) is 5.11 Å². The Morgan fingerprint density at radius 3 is 2.48 bits per heavy atom. The van der Waals surface area contributed by atoms with Crippen molar-refractivity contribution < 1.29 is 19.4 Å². The molecule has 3 rings (SSSR count). The monoisotopic (exact) mass is 393 g/mol. The van der Waals surface area contributed by atoms with Gasteiger partial charge in [0.15, 0.2) is 0 Å². The molecule has 0 saturated heterocycles. The summed E-state index contributed by atoms with van der Waals surface area (Å²) >= 11 is 0. The van der Waals surface area contributed by atoms with Crippen LogP contribution in [0.4, 0.5) is 4.39 Å². The van der Waals surface area contributed by atoms with E-state index in [2.05, 4.69) is 18.4 Å². The van der Waals surface area contributed by atoms with Crippen molar-refractivity contribution in [2.75, 3.05) is 0 Å². The Labute approximate surface area is 169 Å². The first-order valence-corrected chi connectivity index (χ1v) is 9.53. The summed E-state index contributed by atoms with van der Waals surface area (Å²) in [5, 5.41) is 20.0. The summed E-state index contributed by atoms with van der Waals surface area (Å²) in [6.45, 7) is 4.18. The normalized spacial score (nSPS) is 13.1. The molecule has 1 aromatic heterocycles. The Morgan fingerprint density at radius 1 is 1.14 bits per heavy atom. The standard InChI is InChI=1S/C24H24FNO3/c1-16(2)26-21-8-4-3-7-20(21)24(17-10-12-18(25)13-11-17)22(26)15-14-19(27)6-5-9-23(28)29/h3-5,7-16,19,27H,6H2,1-2H3,(H,28,29)/b9-5+,15-14?. The van der Waals surface area contributed by atoms with Crippen LogP contribution < -0.4 is 0 Å². The molecule has 0 saturated carbocycles. The Balaban J connectivity index is 2.12. The van der Waals surface area contributed by atoms with E-state index < -0.39 is 12.1 Å². The van der Waals surface area contributed by atoms with Crippen LogP contribution in [0.15, 0.2) is 66.8 Å². The van der Waals surface area contributed by atoms with E-state index in [0.29, 0.717) is 0 Å². The van der Waals surface area contributed by atoms with Gasteiger partial charge < -0.3 is 14.8 Å². The van der Waals surface area contributed by atoms with Crippen molar-refractivity contribution in [3.63, 3.8) is 0 Å². The van der Waals surface area contributed by atoms with Crippen molar-refractivity contribution in [3.05, 3.63) is 78.3 Å². The number of halogens is 1. The molecule has 3 aromatic rings. The van der Waals surface area contributed by atoms with Gasteiger partial charge >= 0.3 is 5.97 Å². The van der Waals surface area contributed by atoms with Gasteiger partial charge in [-0.1, -0.05) is 42.5 Å². The molecule has 2 aromatic carbocycles. The molecule has 1 atom stereocenters. The molecule has 150 valence electrons. The molecule has 4 nitrogen and oxygen atoms in total. The first-order chi connectivity index (χ1) is 13.9. The van der Waals surface area contributed by atoms with Crippen molar-refractivity contribution in [2.45, 2.75) is 32.4 Å². The zero-order chi connectivity index (χ0) is 21.0. The van der Waals surface area contributed by atoms with E-state index in [9.17, 15) is 14.3 Å². The second kappa shape index (κ2) is 8.88. The van der Waals surface area contributed by atoms with Crippen LogP contribution in [0, 0.1) is 5.82 Å². The number of hydrogen-bond acceptors (Lipinski definition) is 2. The van der Waals surface area contributed by atoms with Gasteiger partial charge in [0.2, 0.25) is 0 Å². The van der Waals surface area contributed by atoms with Gasteiger partial charge in [-0.3, -0.25) is 0 Å². The maximum atomic E-state index is 13.5. The third-order valence-electron chi connectivity index (χ3n) is 4.71. The number of hydrogen-bond donors (Lipinski definition) is 2. The summed E-state index contributed by atoms with van der Waals surface area (Å²) in [6, 6.07) is 14.6. The zero-order valence-corrected chi connectivity index (χ0v) is 16.4. The van der Waals surface area contributed by atoms with Gasteiger partial charge in [-0.15, -0.1) is 0 Å². The highest BCUT2D eigenvalue weighted by Gasteiger charge is 2.18. The fourth-order valence-electron chi connectivity index (χ4n) is 3.51. The lowest BCUT2D eigenvalue weighted by molar-refractivity contribution is -0.131. The topological polar surface area (TPSA) is 62.5 Å². The van der Waals surface area contributed by atoms with Gasteiger partial charge in [0.25, 0.3) is 0 Å². The van der Waals surface area contributed by atoms with Gasteiger partial charge in [0.05, 0.1) is 6.10 Å². The van der Waals surface area contributed by atoms with Crippen molar-refractivity contribution in [1.82, 2.24) is 4.57 Å². The molecular weight excluding hydrogens is 369 g/mol. The third kappa shape index (κ3) is 4.63. The molecule has 1 unspecified atom stereocenters. The van der Waals surface area contributed by atoms with Crippen molar-refractivity contribution in [3.8, 4) is 11.1 Å². The van der Waals surface area contributed by atoms with E-state index in [1.165, 1.54) is 18.2 Å². The van der Waals surface area contributed by atoms with E-state index in [1.807, 2.05) is 30.3 Å². The summed E-state index contributed by atoms with van der Waals surface area (Å²) in [5.74, 6) is -1.33. The van der Waals surface area contributed by atoms with Crippen LogP contribution >= 0.6 is 0 Å². The first kappa shape index (κ1) is 20.6. The molecule has 0 amide bonds. The number of aliphatic carboxylic acids is 1. The highest BCUT2D eigenvalue weighted by Crippen LogP contribution is 2.37. The smallest absolute Gasteiger partial charge is 0.327 e. The number of carbonyl (C=O) groups is 1. The third-order valence-corrected chi connectivity index (χ3v) is 4.71. The van der Waals surface area contributed by atoms with Crippen LogP contribution in [-0.2, 0) is 4.79 Å². The largest absolute Gasteiger partial charge is 0.478 e. The van der Waals surface area contributed by atoms with Crippen molar-refractivity contribution in [1.29, 1.82) is 0 Å². The maximum absolute atomic E-state index is 13.5. The van der Waals surface area contributed by atoms with Crippen LogP contribution in [0.1, 0.15) is 32.0 Å². The number of aromatic nitrogens is 1.